The van der Waals surface area contributed by atoms with Crippen molar-refractivity contribution in [2.75, 3.05) is 0 Å². The zero-order valence-electron chi connectivity index (χ0n) is 7.59. The summed E-state index contributed by atoms with van der Waals surface area (Å²) in [5.74, 6) is 1.59. The second-order valence-corrected chi connectivity index (χ2v) is 4.53. The SMILES string of the molecule is CC(C)C1C=C2C=CC1(C)C2. The molecule has 0 radical (unpaired) electrons. The normalized spacial score (nSPS) is 40.4. The van der Waals surface area contributed by atoms with Crippen LogP contribution in [0.25, 0.3) is 0 Å². The van der Waals surface area contributed by atoms with E-state index in [2.05, 4.69) is 39.0 Å². The van der Waals surface area contributed by atoms with Gasteiger partial charge in [-0.2, -0.15) is 0 Å². The van der Waals surface area contributed by atoms with E-state index in [4.69, 9.17) is 0 Å². The molecule has 2 bridgehead atoms. The summed E-state index contributed by atoms with van der Waals surface area (Å²) < 4.78 is 0. The predicted octanol–water partition coefficient (Wildman–Crippen LogP) is 3.16. The van der Waals surface area contributed by atoms with E-state index < -0.39 is 0 Å². The summed E-state index contributed by atoms with van der Waals surface area (Å²) >= 11 is 0. The molecule has 60 valence electrons. The van der Waals surface area contributed by atoms with Crippen molar-refractivity contribution in [3.05, 3.63) is 23.8 Å². The summed E-state index contributed by atoms with van der Waals surface area (Å²) in [5, 5.41) is 0. The van der Waals surface area contributed by atoms with Gasteiger partial charge in [-0.05, 0) is 23.7 Å². The van der Waals surface area contributed by atoms with Crippen LogP contribution in [0.15, 0.2) is 23.8 Å². The minimum absolute atomic E-state index is 0.476. The first-order chi connectivity index (χ1) is 5.12. The van der Waals surface area contributed by atoms with Gasteiger partial charge < -0.3 is 0 Å². The maximum Gasteiger partial charge on any atom is -0.00377 e. The summed E-state index contributed by atoms with van der Waals surface area (Å²) in [6.07, 6.45) is 8.44. The van der Waals surface area contributed by atoms with Gasteiger partial charge in [0, 0.05) is 0 Å². The first kappa shape index (κ1) is 7.15. The lowest BCUT2D eigenvalue weighted by molar-refractivity contribution is 0.269. The van der Waals surface area contributed by atoms with Crippen LogP contribution in [0.5, 0.6) is 0 Å². The van der Waals surface area contributed by atoms with Gasteiger partial charge in [0.05, 0.1) is 0 Å². The molecule has 2 aliphatic carbocycles. The summed E-state index contributed by atoms with van der Waals surface area (Å²) in [5.41, 5.74) is 2.04. The lowest BCUT2D eigenvalue weighted by atomic mass is 9.74. The number of fused-ring (bicyclic) bond motifs is 2. The molecule has 11 heavy (non-hydrogen) atoms. The maximum atomic E-state index is 2.46. The Morgan fingerprint density at radius 2 is 2.27 bits per heavy atom. The molecule has 0 aromatic rings. The molecule has 0 aromatic heterocycles. The van der Waals surface area contributed by atoms with E-state index >= 15 is 0 Å². The van der Waals surface area contributed by atoms with Crippen molar-refractivity contribution >= 4 is 0 Å². The molecular weight excluding hydrogens is 132 g/mol. The maximum absolute atomic E-state index is 2.46. The van der Waals surface area contributed by atoms with Gasteiger partial charge >= 0.3 is 0 Å². The van der Waals surface area contributed by atoms with Gasteiger partial charge in [0.15, 0.2) is 0 Å². The van der Waals surface area contributed by atoms with Crippen LogP contribution in [0.4, 0.5) is 0 Å². The van der Waals surface area contributed by atoms with Crippen LogP contribution in [0.3, 0.4) is 0 Å². The fourth-order valence-corrected chi connectivity index (χ4v) is 2.57. The fraction of sp³-hybridized carbons (Fsp3) is 0.636. The van der Waals surface area contributed by atoms with E-state index in [1.807, 2.05) is 0 Å². The number of hydrogen-bond acceptors (Lipinski definition) is 0. The van der Waals surface area contributed by atoms with Crippen molar-refractivity contribution in [3.63, 3.8) is 0 Å². The number of rotatable bonds is 1. The molecule has 0 fully saturated rings. The van der Waals surface area contributed by atoms with Gasteiger partial charge in [0.2, 0.25) is 0 Å². The van der Waals surface area contributed by atoms with Gasteiger partial charge in [-0.3, -0.25) is 0 Å². The zero-order chi connectivity index (χ0) is 8.06. The highest BCUT2D eigenvalue weighted by molar-refractivity contribution is 5.38. The van der Waals surface area contributed by atoms with E-state index in [0.717, 1.165) is 11.8 Å². The largest absolute Gasteiger partial charge is 0.0774 e. The fourth-order valence-electron chi connectivity index (χ4n) is 2.57. The Hall–Kier alpha value is -0.520. The van der Waals surface area contributed by atoms with Gasteiger partial charge in [0.1, 0.15) is 0 Å². The Kier molecular flexibility index (Phi) is 1.30. The molecule has 0 N–H and O–H groups in total. The van der Waals surface area contributed by atoms with E-state index in [9.17, 15) is 0 Å². The van der Waals surface area contributed by atoms with Crippen LogP contribution in [0.2, 0.25) is 0 Å². The zero-order valence-corrected chi connectivity index (χ0v) is 7.59. The van der Waals surface area contributed by atoms with Crippen molar-refractivity contribution in [1.82, 2.24) is 0 Å². The van der Waals surface area contributed by atoms with Crippen LogP contribution >= 0.6 is 0 Å². The van der Waals surface area contributed by atoms with Gasteiger partial charge in [-0.1, -0.05) is 44.6 Å². The average Bonchev–Trinajstić information content (AvgIpc) is 2.41. The molecule has 2 aliphatic rings. The van der Waals surface area contributed by atoms with Gasteiger partial charge in [0.25, 0.3) is 0 Å². The smallest absolute Gasteiger partial charge is 0.00377 e. The molecule has 2 rings (SSSR count). The third kappa shape index (κ3) is 0.885. The molecule has 2 unspecified atom stereocenters. The molecule has 0 nitrogen and oxygen atoms in total. The molecule has 2 atom stereocenters. The highest BCUT2D eigenvalue weighted by atomic mass is 14.4. The number of hydrogen-bond donors (Lipinski definition) is 0. The third-order valence-corrected chi connectivity index (χ3v) is 3.14. The van der Waals surface area contributed by atoms with Crippen molar-refractivity contribution in [1.29, 1.82) is 0 Å². The molecular formula is C11H16. The molecule has 0 spiro atoms. The molecule has 0 aliphatic heterocycles. The Morgan fingerprint density at radius 1 is 1.55 bits per heavy atom. The van der Waals surface area contributed by atoms with Crippen LogP contribution < -0.4 is 0 Å². The standard InChI is InChI=1S/C11H16/c1-8(2)10-6-9-4-5-11(10,3)7-9/h4-6,8,10H,7H2,1-3H3. The second kappa shape index (κ2) is 2.00. The Labute approximate surface area is 69.0 Å². The molecule has 0 aromatic carbocycles. The Balaban J connectivity index is 2.30. The summed E-state index contributed by atoms with van der Waals surface area (Å²) in [7, 11) is 0. The van der Waals surface area contributed by atoms with Crippen LogP contribution in [-0.2, 0) is 0 Å². The molecule has 0 saturated heterocycles. The molecule has 0 saturated carbocycles. The average molecular weight is 148 g/mol. The highest BCUT2D eigenvalue weighted by Crippen LogP contribution is 2.51. The van der Waals surface area contributed by atoms with Crippen molar-refractivity contribution in [3.8, 4) is 0 Å². The highest BCUT2D eigenvalue weighted by Gasteiger charge is 2.40. The van der Waals surface area contributed by atoms with E-state index in [0.29, 0.717) is 5.41 Å². The first-order valence-corrected chi connectivity index (χ1v) is 4.52. The summed E-state index contributed by atoms with van der Waals surface area (Å²) in [6, 6.07) is 0. The topological polar surface area (TPSA) is 0 Å². The quantitative estimate of drug-likeness (QED) is 0.536. The second-order valence-electron chi connectivity index (χ2n) is 4.53. The van der Waals surface area contributed by atoms with E-state index in [-0.39, 0.29) is 0 Å². The van der Waals surface area contributed by atoms with Crippen molar-refractivity contribution < 1.29 is 0 Å². The van der Waals surface area contributed by atoms with Crippen molar-refractivity contribution in [2.24, 2.45) is 17.3 Å². The monoisotopic (exact) mass is 148 g/mol. The first-order valence-electron chi connectivity index (χ1n) is 4.52. The summed E-state index contributed by atoms with van der Waals surface area (Å²) in [4.78, 5) is 0. The molecule has 0 heterocycles. The minimum Gasteiger partial charge on any atom is -0.0774 e. The Bertz CT molecular complexity index is 232. The van der Waals surface area contributed by atoms with E-state index in [1.54, 1.807) is 5.57 Å². The predicted molar refractivity (Wildman–Crippen MR) is 48.3 cm³/mol. The van der Waals surface area contributed by atoms with Crippen LogP contribution in [0.1, 0.15) is 27.2 Å². The number of allylic oxidation sites excluding steroid dienone is 4. The molecule has 0 amide bonds. The van der Waals surface area contributed by atoms with Gasteiger partial charge in [-0.15, -0.1) is 0 Å². The molecule has 0 heteroatoms. The van der Waals surface area contributed by atoms with E-state index in [1.165, 1.54) is 6.42 Å². The minimum atomic E-state index is 0.476. The lowest BCUT2D eigenvalue weighted by Gasteiger charge is -2.30. The van der Waals surface area contributed by atoms with Gasteiger partial charge in [-0.25, -0.2) is 0 Å². The lowest BCUT2D eigenvalue weighted by Crippen LogP contribution is -2.23. The van der Waals surface area contributed by atoms with Crippen molar-refractivity contribution in [2.45, 2.75) is 27.2 Å². The third-order valence-electron chi connectivity index (χ3n) is 3.14. The van der Waals surface area contributed by atoms with Crippen LogP contribution in [-0.4, -0.2) is 0 Å². The Morgan fingerprint density at radius 3 is 2.55 bits per heavy atom. The van der Waals surface area contributed by atoms with Crippen LogP contribution in [0, 0.1) is 17.3 Å². The summed E-state index contributed by atoms with van der Waals surface area (Å²) in [6.45, 7) is 7.02.